The van der Waals surface area contributed by atoms with E-state index in [9.17, 15) is 5.26 Å². The highest BCUT2D eigenvalue weighted by Gasteiger charge is 2.38. The van der Waals surface area contributed by atoms with Gasteiger partial charge in [0, 0.05) is 22.8 Å². The number of fused-ring (bicyclic) bond motifs is 2. The largest absolute Gasteiger partial charge is 0.361 e. The fraction of sp³-hybridized carbons (Fsp3) is 0.250. The van der Waals surface area contributed by atoms with Gasteiger partial charge < -0.3 is 4.98 Å². The van der Waals surface area contributed by atoms with Crippen LogP contribution in [0.1, 0.15) is 23.2 Å². The summed E-state index contributed by atoms with van der Waals surface area (Å²) in [4.78, 5) is 3.23. The van der Waals surface area contributed by atoms with E-state index in [2.05, 4.69) is 39.4 Å². The summed E-state index contributed by atoms with van der Waals surface area (Å²) in [5.74, 6) is 0. The third-order valence-electron chi connectivity index (χ3n) is 4.43. The predicted molar refractivity (Wildman–Crippen MR) is 76.2 cm³/mol. The molecule has 0 radical (unpaired) electrons. The van der Waals surface area contributed by atoms with Crippen molar-refractivity contribution in [2.75, 3.05) is 0 Å². The Balaban J connectivity index is 1.91. The van der Waals surface area contributed by atoms with E-state index in [1.807, 2.05) is 18.5 Å². The van der Waals surface area contributed by atoms with Crippen LogP contribution in [0, 0.1) is 11.3 Å². The number of nitrogens with one attached hydrogen (secondary N) is 2. The summed E-state index contributed by atoms with van der Waals surface area (Å²) in [6.45, 7) is 0. The van der Waals surface area contributed by atoms with Crippen LogP contribution in [0.2, 0.25) is 0 Å². The number of aromatic amines is 2. The topological polar surface area (TPSA) is 68.3 Å². The lowest BCUT2D eigenvalue weighted by Crippen LogP contribution is -2.31. The van der Waals surface area contributed by atoms with Gasteiger partial charge in [0.15, 0.2) is 0 Å². The Morgan fingerprint density at radius 3 is 3.15 bits per heavy atom. The Labute approximate surface area is 116 Å². The Hall–Kier alpha value is -2.54. The van der Waals surface area contributed by atoms with Crippen LogP contribution in [0.3, 0.4) is 0 Å². The van der Waals surface area contributed by atoms with Crippen LogP contribution >= 0.6 is 0 Å². The molecule has 1 aliphatic rings. The summed E-state index contributed by atoms with van der Waals surface area (Å²) in [6.07, 6.45) is 6.25. The van der Waals surface area contributed by atoms with Crippen LogP contribution in [0.15, 0.2) is 36.7 Å². The lowest BCUT2D eigenvalue weighted by Gasteiger charge is -2.31. The predicted octanol–water partition coefficient (Wildman–Crippen LogP) is 2.84. The third kappa shape index (κ3) is 1.44. The number of H-pyrrole nitrogens is 2. The second-order valence-electron chi connectivity index (χ2n) is 5.49. The molecule has 0 amide bonds. The number of rotatable bonds is 1. The molecule has 0 saturated heterocycles. The van der Waals surface area contributed by atoms with E-state index in [1.54, 1.807) is 0 Å². The smallest absolute Gasteiger partial charge is 0.0874 e. The summed E-state index contributed by atoms with van der Waals surface area (Å²) in [7, 11) is 0. The average Bonchev–Trinajstić information content (AvgIpc) is 3.14. The van der Waals surface area contributed by atoms with Crippen molar-refractivity contribution < 1.29 is 0 Å². The van der Waals surface area contributed by atoms with Crippen molar-refractivity contribution in [2.45, 2.75) is 24.7 Å². The monoisotopic (exact) mass is 262 g/mol. The minimum atomic E-state index is -0.446. The molecule has 20 heavy (non-hydrogen) atoms. The van der Waals surface area contributed by atoms with Gasteiger partial charge in [0.25, 0.3) is 0 Å². The Morgan fingerprint density at radius 2 is 2.25 bits per heavy atom. The molecule has 0 aliphatic heterocycles. The van der Waals surface area contributed by atoms with Crippen molar-refractivity contribution in [1.29, 1.82) is 5.26 Å². The first-order valence-electron chi connectivity index (χ1n) is 6.81. The molecule has 3 aromatic rings. The third-order valence-corrected chi connectivity index (χ3v) is 4.43. The molecule has 2 heterocycles. The summed E-state index contributed by atoms with van der Waals surface area (Å²) in [5, 5.41) is 18.2. The number of benzene rings is 1. The highest BCUT2D eigenvalue weighted by molar-refractivity contribution is 5.84. The van der Waals surface area contributed by atoms with Gasteiger partial charge in [-0.1, -0.05) is 12.1 Å². The first-order chi connectivity index (χ1) is 9.82. The Bertz CT molecular complexity index is 820. The van der Waals surface area contributed by atoms with E-state index < -0.39 is 5.41 Å². The van der Waals surface area contributed by atoms with Gasteiger partial charge >= 0.3 is 0 Å². The molecule has 4 rings (SSSR count). The molecular formula is C16H14N4. The Kier molecular flexibility index (Phi) is 2.25. The van der Waals surface area contributed by atoms with E-state index in [1.165, 1.54) is 11.3 Å². The van der Waals surface area contributed by atoms with E-state index in [0.717, 1.165) is 35.7 Å². The molecule has 2 N–H and O–H groups in total. The first kappa shape index (κ1) is 11.3. The van der Waals surface area contributed by atoms with Gasteiger partial charge in [0.05, 0.1) is 17.7 Å². The van der Waals surface area contributed by atoms with Crippen LogP contribution in [0.5, 0.6) is 0 Å². The molecule has 1 unspecified atom stereocenters. The van der Waals surface area contributed by atoms with Gasteiger partial charge in [-0.05, 0) is 42.5 Å². The van der Waals surface area contributed by atoms with Gasteiger partial charge in [-0.25, -0.2) is 0 Å². The van der Waals surface area contributed by atoms with E-state index in [4.69, 9.17) is 0 Å². The van der Waals surface area contributed by atoms with E-state index in [0.29, 0.717) is 0 Å². The van der Waals surface area contributed by atoms with Crippen LogP contribution < -0.4 is 0 Å². The van der Waals surface area contributed by atoms with Crippen molar-refractivity contribution in [1.82, 2.24) is 15.2 Å². The molecule has 0 spiro atoms. The molecule has 0 fully saturated rings. The maximum absolute atomic E-state index is 9.86. The lowest BCUT2D eigenvalue weighted by atomic mass is 9.69. The maximum atomic E-state index is 9.86. The summed E-state index contributed by atoms with van der Waals surface area (Å²) >= 11 is 0. The second-order valence-corrected chi connectivity index (χ2v) is 5.49. The van der Waals surface area contributed by atoms with Gasteiger partial charge in [-0.15, -0.1) is 0 Å². The van der Waals surface area contributed by atoms with Crippen molar-refractivity contribution in [3.8, 4) is 6.07 Å². The minimum absolute atomic E-state index is 0.446. The molecule has 0 bridgehead atoms. The van der Waals surface area contributed by atoms with Crippen LogP contribution in [-0.4, -0.2) is 15.2 Å². The van der Waals surface area contributed by atoms with Gasteiger partial charge in [-0.2, -0.15) is 10.4 Å². The average molecular weight is 262 g/mol. The standard InChI is InChI=1S/C16H14N4/c17-10-16(6-4-14-11(8-16)9-19-20-14)13-2-1-3-15-12(13)5-7-18-15/h1-3,5,7,9,18H,4,6,8H2,(H,19,20). The highest BCUT2D eigenvalue weighted by atomic mass is 15.1. The Morgan fingerprint density at radius 1 is 1.30 bits per heavy atom. The van der Waals surface area contributed by atoms with Crippen molar-refractivity contribution >= 4 is 10.9 Å². The van der Waals surface area contributed by atoms with Crippen LogP contribution in [0.4, 0.5) is 0 Å². The quantitative estimate of drug-likeness (QED) is 0.708. The zero-order valence-corrected chi connectivity index (χ0v) is 11.0. The number of aromatic nitrogens is 3. The summed E-state index contributed by atoms with van der Waals surface area (Å²) in [5.41, 5.74) is 4.13. The zero-order chi connectivity index (χ0) is 13.6. The second kappa shape index (κ2) is 3.97. The van der Waals surface area contributed by atoms with E-state index in [-0.39, 0.29) is 0 Å². The normalized spacial score (nSPS) is 21.6. The highest BCUT2D eigenvalue weighted by Crippen LogP contribution is 2.40. The van der Waals surface area contributed by atoms with Crippen molar-refractivity contribution in [3.05, 3.63) is 53.5 Å². The summed E-state index contributed by atoms with van der Waals surface area (Å²) in [6, 6.07) is 10.8. The minimum Gasteiger partial charge on any atom is -0.361 e. The molecule has 1 aromatic carbocycles. The maximum Gasteiger partial charge on any atom is 0.0874 e. The molecule has 2 aromatic heterocycles. The SMILES string of the molecule is N#CC1(c2cccc3[nH]ccc23)CCc2[nH]ncc2C1. The molecular weight excluding hydrogens is 248 g/mol. The fourth-order valence-electron chi connectivity index (χ4n) is 3.35. The number of nitriles is 1. The molecule has 98 valence electrons. The van der Waals surface area contributed by atoms with Crippen LogP contribution in [0.25, 0.3) is 10.9 Å². The van der Waals surface area contributed by atoms with Crippen LogP contribution in [-0.2, 0) is 18.3 Å². The lowest BCUT2D eigenvalue weighted by molar-refractivity contribution is 0.473. The number of aryl methyl sites for hydroxylation is 1. The molecule has 4 nitrogen and oxygen atoms in total. The molecule has 0 saturated carbocycles. The van der Waals surface area contributed by atoms with Gasteiger partial charge in [0.2, 0.25) is 0 Å². The van der Waals surface area contributed by atoms with E-state index >= 15 is 0 Å². The number of hydrogen-bond acceptors (Lipinski definition) is 2. The van der Waals surface area contributed by atoms with Gasteiger partial charge in [-0.3, -0.25) is 5.10 Å². The number of hydrogen-bond donors (Lipinski definition) is 2. The number of nitrogens with zero attached hydrogens (tertiary/aromatic N) is 2. The molecule has 1 atom stereocenters. The molecule has 1 aliphatic carbocycles. The molecule has 4 heteroatoms. The zero-order valence-electron chi connectivity index (χ0n) is 11.0. The summed E-state index contributed by atoms with van der Waals surface area (Å²) < 4.78 is 0. The van der Waals surface area contributed by atoms with Gasteiger partial charge in [0.1, 0.15) is 0 Å². The van der Waals surface area contributed by atoms with Crippen molar-refractivity contribution in [2.24, 2.45) is 0 Å². The van der Waals surface area contributed by atoms with Crippen molar-refractivity contribution in [3.63, 3.8) is 0 Å². The first-order valence-corrected chi connectivity index (χ1v) is 6.81. The fourth-order valence-corrected chi connectivity index (χ4v) is 3.35.